The van der Waals surface area contributed by atoms with E-state index in [4.69, 9.17) is 4.42 Å². The summed E-state index contributed by atoms with van der Waals surface area (Å²) in [6, 6.07) is 1.77. The molecule has 1 rings (SSSR count). The molecule has 1 aromatic heterocycles. The smallest absolute Gasteiger partial charge is 0.287 e. The summed E-state index contributed by atoms with van der Waals surface area (Å²) < 4.78 is 5.30. The number of amides is 1. The molecule has 0 bridgehead atoms. The molecular weight excluding hydrogens is 178 g/mol. The summed E-state index contributed by atoms with van der Waals surface area (Å²) in [5, 5.41) is 2.81. The number of carbonyl (C=O) groups excluding carboxylic acids is 1. The highest BCUT2D eigenvalue weighted by molar-refractivity contribution is 5.91. The zero-order valence-electron chi connectivity index (χ0n) is 9.18. The van der Waals surface area contributed by atoms with Crippen molar-refractivity contribution < 1.29 is 9.21 Å². The molecule has 0 radical (unpaired) electrons. The molecule has 14 heavy (non-hydrogen) atoms. The quantitative estimate of drug-likeness (QED) is 0.804. The number of nitrogens with one attached hydrogen (secondary N) is 1. The van der Waals surface area contributed by atoms with Crippen LogP contribution < -0.4 is 5.32 Å². The van der Waals surface area contributed by atoms with Gasteiger partial charge in [-0.2, -0.15) is 0 Å². The van der Waals surface area contributed by atoms with E-state index in [1.165, 1.54) is 0 Å². The van der Waals surface area contributed by atoms with Crippen LogP contribution >= 0.6 is 0 Å². The van der Waals surface area contributed by atoms with Gasteiger partial charge in [-0.25, -0.2) is 0 Å². The standard InChI is InChI=1S/C11H17NO2/c1-7(2)6-12-11(13)10-5-8(3)9(4)14-10/h5,7H,6H2,1-4H3,(H,12,13). The monoisotopic (exact) mass is 195 g/mol. The third-order valence-electron chi connectivity index (χ3n) is 2.06. The Hall–Kier alpha value is -1.25. The summed E-state index contributed by atoms with van der Waals surface area (Å²) in [4.78, 5) is 11.5. The van der Waals surface area contributed by atoms with Gasteiger partial charge in [-0.3, -0.25) is 4.79 Å². The second-order valence-corrected chi connectivity index (χ2v) is 3.95. The maximum Gasteiger partial charge on any atom is 0.287 e. The number of rotatable bonds is 3. The van der Waals surface area contributed by atoms with Gasteiger partial charge in [-0.05, 0) is 31.4 Å². The van der Waals surface area contributed by atoms with Crippen molar-refractivity contribution in [2.24, 2.45) is 5.92 Å². The van der Waals surface area contributed by atoms with Gasteiger partial charge in [-0.15, -0.1) is 0 Å². The minimum atomic E-state index is -0.130. The van der Waals surface area contributed by atoms with Crippen molar-refractivity contribution in [1.82, 2.24) is 5.32 Å². The predicted molar refractivity (Wildman–Crippen MR) is 55.4 cm³/mol. The van der Waals surface area contributed by atoms with E-state index in [2.05, 4.69) is 19.2 Å². The van der Waals surface area contributed by atoms with Crippen molar-refractivity contribution in [2.45, 2.75) is 27.7 Å². The van der Waals surface area contributed by atoms with Crippen molar-refractivity contribution in [2.75, 3.05) is 6.54 Å². The predicted octanol–water partition coefficient (Wildman–Crippen LogP) is 2.28. The molecular formula is C11H17NO2. The lowest BCUT2D eigenvalue weighted by atomic mass is 10.2. The Kier molecular flexibility index (Phi) is 3.33. The molecule has 78 valence electrons. The molecule has 1 heterocycles. The van der Waals surface area contributed by atoms with Crippen molar-refractivity contribution >= 4 is 5.91 Å². The van der Waals surface area contributed by atoms with E-state index < -0.39 is 0 Å². The average Bonchev–Trinajstić information content (AvgIpc) is 2.43. The molecule has 0 unspecified atom stereocenters. The van der Waals surface area contributed by atoms with Gasteiger partial charge in [-0.1, -0.05) is 13.8 Å². The zero-order chi connectivity index (χ0) is 10.7. The molecule has 3 nitrogen and oxygen atoms in total. The SMILES string of the molecule is Cc1cc(C(=O)NCC(C)C)oc1C. The third-order valence-corrected chi connectivity index (χ3v) is 2.06. The Morgan fingerprint density at radius 3 is 2.57 bits per heavy atom. The number of hydrogen-bond donors (Lipinski definition) is 1. The lowest BCUT2D eigenvalue weighted by Gasteiger charge is -2.04. The molecule has 0 aliphatic heterocycles. The minimum Gasteiger partial charge on any atom is -0.456 e. The molecule has 0 saturated heterocycles. The van der Waals surface area contributed by atoms with E-state index in [0.29, 0.717) is 18.2 Å². The van der Waals surface area contributed by atoms with Crippen LogP contribution in [0.5, 0.6) is 0 Å². The molecule has 3 heteroatoms. The highest BCUT2D eigenvalue weighted by Gasteiger charge is 2.11. The van der Waals surface area contributed by atoms with Gasteiger partial charge in [0.1, 0.15) is 5.76 Å². The Labute approximate surface area is 84.5 Å². The Balaban J connectivity index is 2.61. The molecule has 0 fully saturated rings. The summed E-state index contributed by atoms with van der Waals surface area (Å²) in [5.41, 5.74) is 1.01. The zero-order valence-corrected chi connectivity index (χ0v) is 9.18. The molecule has 1 N–H and O–H groups in total. The number of aryl methyl sites for hydroxylation is 2. The number of carbonyl (C=O) groups is 1. The van der Waals surface area contributed by atoms with Gasteiger partial charge < -0.3 is 9.73 Å². The van der Waals surface area contributed by atoms with Crippen LogP contribution in [-0.4, -0.2) is 12.5 Å². The highest BCUT2D eigenvalue weighted by atomic mass is 16.3. The second-order valence-electron chi connectivity index (χ2n) is 3.95. The van der Waals surface area contributed by atoms with Crippen LogP contribution in [0.1, 0.15) is 35.7 Å². The fourth-order valence-electron chi connectivity index (χ4n) is 1.07. The first-order valence-electron chi connectivity index (χ1n) is 4.86. The maximum absolute atomic E-state index is 11.5. The van der Waals surface area contributed by atoms with Crippen LogP contribution in [0.4, 0.5) is 0 Å². The Morgan fingerprint density at radius 1 is 1.50 bits per heavy atom. The number of furan rings is 1. The highest BCUT2D eigenvalue weighted by Crippen LogP contribution is 2.12. The van der Waals surface area contributed by atoms with Gasteiger partial charge in [0.15, 0.2) is 5.76 Å². The molecule has 0 atom stereocenters. The van der Waals surface area contributed by atoms with E-state index in [1.807, 2.05) is 13.8 Å². The fraction of sp³-hybridized carbons (Fsp3) is 0.545. The average molecular weight is 195 g/mol. The van der Waals surface area contributed by atoms with Crippen LogP contribution in [0.3, 0.4) is 0 Å². The largest absolute Gasteiger partial charge is 0.456 e. The van der Waals surface area contributed by atoms with E-state index >= 15 is 0 Å². The van der Waals surface area contributed by atoms with Crippen molar-refractivity contribution in [3.63, 3.8) is 0 Å². The third kappa shape index (κ3) is 2.62. The number of hydrogen-bond acceptors (Lipinski definition) is 2. The molecule has 1 aromatic rings. The molecule has 0 aliphatic carbocycles. The molecule has 0 aromatic carbocycles. The van der Waals surface area contributed by atoms with Crippen LogP contribution in [0.25, 0.3) is 0 Å². The first-order valence-corrected chi connectivity index (χ1v) is 4.86. The van der Waals surface area contributed by atoms with Crippen LogP contribution in [-0.2, 0) is 0 Å². The van der Waals surface area contributed by atoms with Gasteiger partial charge in [0.2, 0.25) is 0 Å². The first-order chi connectivity index (χ1) is 6.50. The van der Waals surface area contributed by atoms with Gasteiger partial charge in [0.05, 0.1) is 0 Å². The first kappa shape index (κ1) is 10.8. The second kappa shape index (κ2) is 4.31. The van der Waals surface area contributed by atoms with Gasteiger partial charge in [0.25, 0.3) is 5.91 Å². The lowest BCUT2D eigenvalue weighted by molar-refractivity contribution is 0.0920. The van der Waals surface area contributed by atoms with Crippen molar-refractivity contribution in [1.29, 1.82) is 0 Å². The van der Waals surface area contributed by atoms with Crippen molar-refractivity contribution in [3.8, 4) is 0 Å². The molecule has 1 amide bonds. The summed E-state index contributed by atoms with van der Waals surface area (Å²) in [5.74, 6) is 1.53. The van der Waals surface area contributed by atoms with Crippen LogP contribution in [0.15, 0.2) is 10.5 Å². The summed E-state index contributed by atoms with van der Waals surface area (Å²) in [6.07, 6.45) is 0. The summed E-state index contributed by atoms with van der Waals surface area (Å²) >= 11 is 0. The van der Waals surface area contributed by atoms with Gasteiger partial charge in [0, 0.05) is 6.54 Å². The molecule has 0 saturated carbocycles. The topological polar surface area (TPSA) is 42.2 Å². The van der Waals surface area contributed by atoms with Crippen LogP contribution in [0.2, 0.25) is 0 Å². The van der Waals surface area contributed by atoms with Crippen molar-refractivity contribution in [3.05, 3.63) is 23.2 Å². The summed E-state index contributed by atoms with van der Waals surface area (Å²) in [7, 11) is 0. The van der Waals surface area contributed by atoms with E-state index in [9.17, 15) is 4.79 Å². The van der Waals surface area contributed by atoms with E-state index in [1.54, 1.807) is 6.07 Å². The van der Waals surface area contributed by atoms with Crippen LogP contribution in [0, 0.1) is 19.8 Å². The minimum absolute atomic E-state index is 0.130. The Bertz CT molecular complexity index is 307. The lowest BCUT2D eigenvalue weighted by Crippen LogP contribution is -2.26. The van der Waals surface area contributed by atoms with E-state index in [0.717, 1.165) is 11.3 Å². The summed E-state index contributed by atoms with van der Waals surface area (Å²) in [6.45, 7) is 8.57. The molecule has 0 spiro atoms. The maximum atomic E-state index is 11.5. The Morgan fingerprint density at radius 2 is 2.14 bits per heavy atom. The normalized spacial score (nSPS) is 10.6. The fourth-order valence-corrected chi connectivity index (χ4v) is 1.07. The van der Waals surface area contributed by atoms with Gasteiger partial charge >= 0.3 is 0 Å². The van der Waals surface area contributed by atoms with E-state index in [-0.39, 0.29) is 5.91 Å². The molecule has 0 aliphatic rings.